The van der Waals surface area contributed by atoms with Gasteiger partial charge < -0.3 is 20.1 Å². The fraction of sp³-hybridized carbons (Fsp3) is 0.333. The van der Waals surface area contributed by atoms with E-state index in [0.29, 0.717) is 10.8 Å². The number of hydrogen-bond acceptors (Lipinski definition) is 6. The van der Waals surface area contributed by atoms with Gasteiger partial charge >= 0.3 is 0 Å². The van der Waals surface area contributed by atoms with Crippen molar-refractivity contribution in [2.24, 2.45) is 0 Å². The zero-order valence-electron chi connectivity index (χ0n) is 19.9. The number of aryl methyl sites for hydroxylation is 1. The van der Waals surface area contributed by atoms with Crippen LogP contribution in [0.2, 0.25) is 5.02 Å². The lowest BCUT2D eigenvalue weighted by Gasteiger charge is -2.19. The first-order chi connectivity index (χ1) is 17.1. The van der Waals surface area contributed by atoms with Crippen LogP contribution in [0.3, 0.4) is 0 Å². The van der Waals surface area contributed by atoms with Crippen LogP contribution in [0.15, 0.2) is 59.7 Å². The lowest BCUT2D eigenvalue weighted by Crippen LogP contribution is -2.29. The van der Waals surface area contributed by atoms with Crippen LogP contribution >= 0.6 is 11.6 Å². The Morgan fingerprint density at radius 1 is 1.06 bits per heavy atom. The largest absolute Gasteiger partial charge is 0.487 e. The van der Waals surface area contributed by atoms with Crippen LogP contribution in [-0.4, -0.2) is 42.9 Å². The van der Waals surface area contributed by atoms with Gasteiger partial charge in [0.2, 0.25) is 0 Å². The first kappa shape index (κ1) is 25.1. The van der Waals surface area contributed by atoms with Gasteiger partial charge in [0, 0.05) is 57.4 Å². The van der Waals surface area contributed by atoms with Gasteiger partial charge in [-0.25, -0.2) is 0 Å². The summed E-state index contributed by atoms with van der Waals surface area (Å²) in [6, 6.07) is 13.5. The first-order valence-corrected chi connectivity index (χ1v) is 12.2. The summed E-state index contributed by atoms with van der Waals surface area (Å²) in [6.45, 7) is 4.53. The second-order valence-corrected chi connectivity index (χ2v) is 8.85. The Bertz CT molecular complexity index is 1210. The van der Waals surface area contributed by atoms with Crippen molar-refractivity contribution in [3.05, 3.63) is 92.6 Å². The lowest BCUT2D eigenvalue weighted by atomic mass is 9.93. The van der Waals surface area contributed by atoms with Crippen molar-refractivity contribution >= 4 is 23.4 Å². The van der Waals surface area contributed by atoms with Crippen molar-refractivity contribution in [3.63, 3.8) is 0 Å². The topological polar surface area (TPSA) is 77.4 Å². The number of pyridine rings is 2. The number of aromatic nitrogens is 2. The molecule has 0 amide bonds. The summed E-state index contributed by atoms with van der Waals surface area (Å²) in [5.41, 5.74) is 5.37. The molecule has 8 heteroatoms. The molecule has 3 aromatic rings. The monoisotopic (exact) mass is 494 g/mol. The molecule has 0 fully saturated rings. The molecule has 0 unspecified atom stereocenters. The Balaban J connectivity index is 1.34. The van der Waals surface area contributed by atoms with E-state index < -0.39 is 0 Å². The van der Waals surface area contributed by atoms with Gasteiger partial charge in [0.25, 0.3) is 5.56 Å². The van der Waals surface area contributed by atoms with Crippen molar-refractivity contribution in [3.8, 4) is 5.75 Å². The van der Waals surface area contributed by atoms with E-state index >= 15 is 0 Å². The van der Waals surface area contributed by atoms with Gasteiger partial charge in [-0.2, -0.15) is 0 Å². The fourth-order valence-electron chi connectivity index (χ4n) is 3.98. The number of halogens is 1. The number of nitrogens with zero attached hydrogens (tertiary/aromatic N) is 2. The molecule has 1 aromatic carbocycles. The van der Waals surface area contributed by atoms with Crippen LogP contribution in [-0.2, 0) is 24.3 Å². The number of hydrogen-bond donors (Lipinski definition) is 2. The molecular formula is C27H31ClN4O3. The van der Waals surface area contributed by atoms with Crippen LogP contribution in [0.1, 0.15) is 28.8 Å². The minimum absolute atomic E-state index is 0.110. The summed E-state index contributed by atoms with van der Waals surface area (Å²) in [7, 11) is 1.71. The Labute approximate surface area is 210 Å². The number of fused-ring (bicyclic) bond motifs is 1. The third-order valence-corrected chi connectivity index (χ3v) is 6.07. The van der Waals surface area contributed by atoms with Crippen molar-refractivity contribution in [1.82, 2.24) is 20.2 Å². The van der Waals surface area contributed by atoms with Crippen LogP contribution in [0, 0.1) is 0 Å². The van der Waals surface area contributed by atoms with E-state index in [-0.39, 0.29) is 12.2 Å². The Morgan fingerprint density at radius 3 is 2.74 bits per heavy atom. The molecule has 0 bridgehead atoms. The molecule has 0 saturated heterocycles. The van der Waals surface area contributed by atoms with Crippen molar-refractivity contribution in [2.45, 2.75) is 26.0 Å². The summed E-state index contributed by atoms with van der Waals surface area (Å²) in [6.07, 6.45) is 7.18. The number of allylic oxidation sites excluding steroid dienone is 1. The fourth-order valence-corrected chi connectivity index (χ4v) is 4.09. The van der Waals surface area contributed by atoms with Gasteiger partial charge in [0.05, 0.1) is 17.3 Å². The van der Waals surface area contributed by atoms with E-state index in [4.69, 9.17) is 21.1 Å². The number of nitrogens with one attached hydrogen (secondary N) is 2. The van der Waals surface area contributed by atoms with Gasteiger partial charge in [0.15, 0.2) is 0 Å². The normalized spacial score (nSPS) is 12.8. The van der Waals surface area contributed by atoms with Crippen LogP contribution in [0.4, 0.5) is 0 Å². The summed E-state index contributed by atoms with van der Waals surface area (Å²) in [4.78, 5) is 17.0. The number of methoxy groups -OCH3 is 1. The van der Waals surface area contributed by atoms with Crippen LogP contribution in [0.5, 0.6) is 5.75 Å². The minimum atomic E-state index is -0.110. The molecule has 35 heavy (non-hydrogen) atoms. The highest BCUT2D eigenvalue weighted by Gasteiger charge is 2.14. The van der Waals surface area contributed by atoms with Gasteiger partial charge in [-0.1, -0.05) is 29.8 Å². The summed E-state index contributed by atoms with van der Waals surface area (Å²) in [5.74, 6) is 0.519. The van der Waals surface area contributed by atoms with E-state index in [9.17, 15) is 4.79 Å². The molecule has 4 rings (SSSR count). The molecule has 2 N–H and O–H groups in total. The average molecular weight is 495 g/mol. The van der Waals surface area contributed by atoms with Gasteiger partial charge in [0.1, 0.15) is 12.4 Å². The lowest BCUT2D eigenvalue weighted by molar-refractivity contribution is 0.199. The Kier molecular flexibility index (Phi) is 9.08. The Hall–Kier alpha value is -2.97. The summed E-state index contributed by atoms with van der Waals surface area (Å²) >= 11 is 5.86. The average Bonchev–Trinajstić information content (AvgIpc) is 2.87. The third kappa shape index (κ3) is 7.26. The molecule has 0 atom stereocenters. The van der Waals surface area contributed by atoms with Gasteiger partial charge in [-0.3, -0.25) is 14.3 Å². The van der Waals surface area contributed by atoms with Gasteiger partial charge in [-0.05, 0) is 53.8 Å². The van der Waals surface area contributed by atoms with Crippen LogP contribution in [0.25, 0.3) is 11.8 Å². The molecule has 1 aliphatic rings. The zero-order valence-corrected chi connectivity index (χ0v) is 20.7. The second kappa shape index (κ2) is 12.7. The second-order valence-electron chi connectivity index (χ2n) is 8.42. The maximum Gasteiger partial charge on any atom is 0.258 e. The molecule has 184 valence electrons. The van der Waals surface area contributed by atoms with E-state index in [2.05, 4.69) is 39.9 Å². The summed E-state index contributed by atoms with van der Waals surface area (Å²) in [5, 5.41) is 7.38. The highest BCUT2D eigenvalue weighted by Crippen LogP contribution is 2.27. The third-order valence-electron chi connectivity index (χ3n) is 5.85. The smallest absolute Gasteiger partial charge is 0.258 e. The molecule has 2 aromatic heterocycles. The molecule has 1 aliphatic carbocycles. The quantitative estimate of drug-likeness (QED) is 0.373. The maximum absolute atomic E-state index is 12.8. The predicted octanol–water partition coefficient (Wildman–Crippen LogP) is 3.75. The number of ether oxygens (including phenoxy) is 2. The van der Waals surface area contributed by atoms with Gasteiger partial charge in [-0.15, -0.1) is 0 Å². The number of benzene rings is 1. The SMILES string of the molecule is COCCNCCNCc1ccc2c(c1)CCC(n1ccc(OCc3ccc(Cl)cn3)cc1=O)=C2. The van der Waals surface area contributed by atoms with E-state index in [1.807, 2.05) is 6.07 Å². The van der Waals surface area contributed by atoms with E-state index in [1.165, 1.54) is 17.2 Å². The van der Waals surface area contributed by atoms with E-state index in [1.54, 1.807) is 36.2 Å². The molecule has 2 heterocycles. The van der Waals surface area contributed by atoms with Crippen molar-refractivity contribution in [2.75, 3.05) is 33.4 Å². The predicted molar refractivity (Wildman–Crippen MR) is 140 cm³/mol. The molecule has 0 aliphatic heterocycles. The number of rotatable bonds is 12. The highest BCUT2D eigenvalue weighted by atomic mass is 35.5. The van der Waals surface area contributed by atoms with E-state index in [0.717, 1.165) is 62.6 Å². The molecule has 0 radical (unpaired) electrons. The Morgan fingerprint density at radius 2 is 1.94 bits per heavy atom. The molecule has 7 nitrogen and oxygen atoms in total. The first-order valence-electron chi connectivity index (χ1n) is 11.8. The van der Waals surface area contributed by atoms with Crippen molar-refractivity contribution < 1.29 is 9.47 Å². The standard InChI is InChI=1S/C27H31ClN4O3/c1-34-13-11-29-9-10-30-17-20-2-3-22-15-25(7-4-21(22)14-20)32-12-8-26(16-27(32)33)35-19-24-6-5-23(28)18-31-24/h2-3,5-6,8,12,14-16,18,29-30H,4,7,9-11,13,17,19H2,1H3. The molecule has 0 saturated carbocycles. The van der Waals surface area contributed by atoms with Crippen LogP contribution < -0.4 is 20.9 Å². The van der Waals surface area contributed by atoms with Crippen molar-refractivity contribution in [1.29, 1.82) is 0 Å². The molecular weight excluding hydrogens is 464 g/mol. The molecule has 0 spiro atoms. The summed E-state index contributed by atoms with van der Waals surface area (Å²) < 4.78 is 12.5. The minimum Gasteiger partial charge on any atom is -0.487 e. The zero-order chi connectivity index (χ0) is 24.5. The highest BCUT2D eigenvalue weighted by molar-refractivity contribution is 6.30. The maximum atomic E-state index is 12.8.